The van der Waals surface area contributed by atoms with Crippen molar-refractivity contribution in [1.29, 1.82) is 0 Å². The average molecular weight is 349 g/mol. The van der Waals surface area contributed by atoms with Crippen molar-refractivity contribution in [2.45, 2.75) is 4.90 Å². The Kier molecular flexibility index (Phi) is 4.18. The molecule has 0 amide bonds. The smallest absolute Gasteiger partial charge is 0.335 e. The average Bonchev–Trinajstić information content (AvgIpc) is 2.81. The number of nitrogens with zero attached hydrogens (tertiary/aromatic N) is 1. The Bertz CT molecular complexity index is 791. The van der Waals surface area contributed by atoms with Gasteiger partial charge >= 0.3 is 5.97 Å². The first-order chi connectivity index (χ1) is 9.70. The quantitative estimate of drug-likeness (QED) is 0.888. The van der Waals surface area contributed by atoms with E-state index in [4.69, 9.17) is 28.3 Å². The first-order valence-corrected chi connectivity index (χ1v) is 7.82. The van der Waals surface area contributed by atoms with Crippen molar-refractivity contribution < 1.29 is 18.3 Å². The fraction of sp³-hybridized carbons (Fsp3) is 0.0833. The number of sulfonamides is 1. The van der Waals surface area contributed by atoms with Crippen molar-refractivity contribution in [2.24, 2.45) is 7.05 Å². The Morgan fingerprint density at radius 2 is 1.86 bits per heavy atom. The Balaban J connectivity index is 2.42. The normalized spacial score (nSPS) is 11.4. The second kappa shape index (κ2) is 5.59. The maximum atomic E-state index is 12.2. The lowest BCUT2D eigenvalue weighted by atomic mass is 10.2. The first kappa shape index (κ1) is 15.7. The van der Waals surface area contributed by atoms with Crippen LogP contribution >= 0.6 is 23.2 Å². The highest BCUT2D eigenvalue weighted by molar-refractivity contribution is 7.92. The zero-order valence-corrected chi connectivity index (χ0v) is 13.0. The number of aromatic carboxylic acids is 1. The van der Waals surface area contributed by atoms with Gasteiger partial charge in [-0.3, -0.25) is 4.72 Å². The Morgan fingerprint density at radius 1 is 1.29 bits per heavy atom. The van der Waals surface area contributed by atoms with Gasteiger partial charge in [0.15, 0.2) is 0 Å². The molecule has 0 spiro atoms. The lowest BCUT2D eigenvalue weighted by Gasteiger charge is -2.11. The molecule has 0 radical (unpaired) electrons. The van der Waals surface area contributed by atoms with Crippen molar-refractivity contribution in [3.05, 3.63) is 46.2 Å². The van der Waals surface area contributed by atoms with Gasteiger partial charge in [-0.25, -0.2) is 13.2 Å². The minimum absolute atomic E-state index is 0.0412. The van der Waals surface area contributed by atoms with E-state index in [9.17, 15) is 13.2 Å². The molecule has 2 N–H and O–H groups in total. The van der Waals surface area contributed by atoms with Crippen molar-refractivity contribution in [3.63, 3.8) is 0 Å². The largest absolute Gasteiger partial charge is 0.478 e. The lowest BCUT2D eigenvalue weighted by molar-refractivity contribution is 0.0697. The summed E-state index contributed by atoms with van der Waals surface area (Å²) >= 11 is 11.8. The molecule has 9 heteroatoms. The third-order valence-corrected chi connectivity index (χ3v) is 4.57. The predicted octanol–water partition coefficient (Wildman–Crippen LogP) is 2.83. The number of benzene rings is 1. The van der Waals surface area contributed by atoms with E-state index < -0.39 is 16.0 Å². The molecule has 0 unspecified atom stereocenters. The fourth-order valence-electron chi connectivity index (χ4n) is 1.62. The molecule has 2 aromatic rings. The van der Waals surface area contributed by atoms with Crippen molar-refractivity contribution >= 4 is 44.9 Å². The van der Waals surface area contributed by atoms with Gasteiger partial charge in [0.2, 0.25) is 0 Å². The van der Waals surface area contributed by atoms with E-state index in [1.165, 1.54) is 12.3 Å². The Hall–Kier alpha value is -1.70. The number of aryl methyl sites for hydroxylation is 1. The van der Waals surface area contributed by atoms with Crippen molar-refractivity contribution in [3.8, 4) is 0 Å². The van der Waals surface area contributed by atoms with Crippen molar-refractivity contribution in [1.82, 2.24) is 4.57 Å². The molecule has 0 aliphatic carbocycles. The van der Waals surface area contributed by atoms with Crippen molar-refractivity contribution in [2.75, 3.05) is 4.72 Å². The summed E-state index contributed by atoms with van der Waals surface area (Å²) in [5.74, 6) is -1.21. The summed E-state index contributed by atoms with van der Waals surface area (Å²) in [6.07, 6.45) is 2.99. The number of hydrogen-bond acceptors (Lipinski definition) is 3. The molecular weight excluding hydrogens is 339 g/mol. The van der Waals surface area contributed by atoms with Gasteiger partial charge in [-0.1, -0.05) is 23.2 Å². The number of carbonyl (C=O) groups is 1. The highest BCUT2D eigenvalue weighted by Crippen LogP contribution is 2.33. The van der Waals surface area contributed by atoms with E-state index >= 15 is 0 Å². The molecule has 0 saturated heterocycles. The summed E-state index contributed by atoms with van der Waals surface area (Å²) in [5.41, 5.74) is -0.195. The van der Waals surface area contributed by atoms with Gasteiger partial charge < -0.3 is 9.67 Å². The number of carboxylic acids is 1. The van der Waals surface area contributed by atoms with E-state index in [1.54, 1.807) is 17.8 Å². The minimum Gasteiger partial charge on any atom is -0.478 e. The molecule has 0 fully saturated rings. The Labute approximate surface area is 131 Å². The van der Waals surface area contributed by atoms with Gasteiger partial charge in [0.1, 0.15) is 4.90 Å². The van der Waals surface area contributed by atoms with E-state index in [0.29, 0.717) is 0 Å². The first-order valence-electron chi connectivity index (χ1n) is 5.58. The van der Waals surface area contributed by atoms with E-state index in [0.717, 1.165) is 12.1 Å². The second-order valence-electron chi connectivity index (χ2n) is 4.24. The predicted molar refractivity (Wildman–Crippen MR) is 79.6 cm³/mol. The molecule has 0 bridgehead atoms. The molecule has 1 heterocycles. The topological polar surface area (TPSA) is 88.4 Å². The van der Waals surface area contributed by atoms with Crippen LogP contribution in [0.2, 0.25) is 10.0 Å². The van der Waals surface area contributed by atoms with Crippen LogP contribution in [-0.2, 0) is 17.1 Å². The molecule has 112 valence electrons. The van der Waals surface area contributed by atoms with Crippen LogP contribution in [0.5, 0.6) is 0 Å². The molecule has 1 aromatic heterocycles. The maximum absolute atomic E-state index is 12.2. The summed E-state index contributed by atoms with van der Waals surface area (Å²) in [7, 11) is -2.18. The van der Waals surface area contributed by atoms with Crippen LogP contribution < -0.4 is 4.72 Å². The minimum atomic E-state index is -3.86. The lowest BCUT2D eigenvalue weighted by Crippen LogP contribution is -2.13. The van der Waals surface area contributed by atoms with E-state index in [-0.39, 0.29) is 26.2 Å². The third-order valence-electron chi connectivity index (χ3n) is 2.64. The highest BCUT2D eigenvalue weighted by atomic mass is 35.5. The van der Waals surface area contributed by atoms with E-state index in [1.807, 2.05) is 0 Å². The standard InChI is InChI=1S/C12H10Cl2N2O4S/c1-16-3-2-8(6-16)21(19,20)15-11-9(13)4-7(12(17)18)5-10(11)14/h2-6,15H,1H3,(H,17,18). The summed E-state index contributed by atoms with van der Waals surface area (Å²) in [4.78, 5) is 10.9. The van der Waals surface area contributed by atoms with Gasteiger partial charge in [-0.05, 0) is 18.2 Å². The number of halogens is 2. The van der Waals surface area contributed by atoms with Crippen LogP contribution in [0, 0.1) is 0 Å². The molecular formula is C12H10Cl2N2O4S. The molecule has 2 rings (SSSR count). The van der Waals surface area contributed by atoms with Gasteiger partial charge in [0.05, 0.1) is 21.3 Å². The molecule has 0 saturated carbocycles. The molecule has 1 aromatic carbocycles. The van der Waals surface area contributed by atoms with E-state index in [2.05, 4.69) is 4.72 Å². The summed E-state index contributed by atoms with van der Waals surface area (Å²) in [6.45, 7) is 0. The third kappa shape index (κ3) is 3.31. The Morgan fingerprint density at radius 3 is 2.29 bits per heavy atom. The van der Waals surface area contributed by atoms with Gasteiger partial charge in [0.25, 0.3) is 10.0 Å². The zero-order chi connectivity index (χ0) is 15.8. The summed E-state index contributed by atoms with van der Waals surface area (Å²) < 4.78 is 28.2. The van der Waals surface area contributed by atoms with Gasteiger partial charge in [0, 0.05) is 19.4 Å². The molecule has 21 heavy (non-hydrogen) atoms. The van der Waals surface area contributed by atoms with Crippen LogP contribution in [0.15, 0.2) is 35.5 Å². The van der Waals surface area contributed by atoms with Crippen LogP contribution in [0.1, 0.15) is 10.4 Å². The van der Waals surface area contributed by atoms with Crippen LogP contribution in [0.3, 0.4) is 0 Å². The summed E-state index contributed by atoms with van der Waals surface area (Å²) in [6, 6.07) is 3.66. The molecule has 0 aliphatic rings. The number of anilines is 1. The number of carboxylic acid groups (broad SMARTS) is 1. The number of hydrogen-bond donors (Lipinski definition) is 2. The second-order valence-corrected chi connectivity index (χ2v) is 6.74. The van der Waals surface area contributed by atoms with Gasteiger partial charge in [-0.2, -0.15) is 0 Å². The fourth-order valence-corrected chi connectivity index (χ4v) is 3.47. The van der Waals surface area contributed by atoms with Crippen LogP contribution in [0.4, 0.5) is 5.69 Å². The summed E-state index contributed by atoms with van der Waals surface area (Å²) in [5, 5.41) is 8.68. The molecule has 0 aliphatic heterocycles. The highest BCUT2D eigenvalue weighted by Gasteiger charge is 2.20. The van der Waals surface area contributed by atoms with Crippen LogP contribution in [-0.4, -0.2) is 24.1 Å². The monoisotopic (exact) mass is 348 g/mol. The molecule has 6 nitrogen and oxygen atoms in total. The SMILES string of the molecule is Cn1ccc(S(=O)(=O)Nc2c(Cl)cc(C(=O)O)cc2Cl)c1. The number of aromatic nitrogens is 1. The molecule has 0 atom stereocenters. The number of rotatable bonds is 4. The number of nitrogens with one attached hydrogen (secondary N) is 1. The van der Waals surface area contributed by atoms with Crippen LogP contribution in [0.25, 0.3) is 0 Å². The zero-order valence-electron chi connectivity index (χ0n) is 10.7. The van der Waals surface area contributed by atoms with Gasteiger partial charge in [-0.15, -0.1) is 0 Å². The maximum Gasteiger partial charge on any atom is 0.335 e.